The van der Waals surface area contributed by atoms with E-state index in [1.807, 2.05) is 0 Å². The van der Waals surface area contributed by atoms with Gasteiger partial charge in [0.05, 0.1) is 30.9 Å². The maximum atomic E-state index is 11.7. The molecule has 106 valence electrons. The Morgan fingerprint density at radius 2 is 1.60 bits per heavy atom. The number of nitrogens with zero attached hydrogens (tertiary/aromatic N) is 3. The van der Waals surface area contributed by atoms with Crippen LogP contribution >= 0.6 is 0 Å². The molecule has 1 aromatic rings. The number of carbonyl (C=O) groups excluding carboxylic acids is 2. The van der Waals surface area contributed by atoms with Gasteiger partial charge in [-0.25, -0.2) is 9.59 Å². The van der Waals surface area contributed by atoms with Crippen LogP contribution in [0.2, 0.25) is 0 Å². The normalized spacial score (nSPS) is 9.50. The van der Waals surface area contributed by atoms with Crippen LogP contribution < -0.4 is 0 Å². The van der Waals surface area contributed by atoms with Gasteiger partial charge in [0.25, 0.3) is 0 Å². The molecule has 0 aromatic heterocycles. The van der Waals surface area contributed by atoms with E-state index in [2.05, 4.69) is 10.0 Å². The molecule has 0 unspecified atom stereocenters. The molecular formula is C13H15N3O4. The Kier molecular flexibility index (Phi) is 6.06. The summed E-state index contributed by atoms with van der Waals surface area (Å²) >= 11 is 0. The highest BCUT2D eigenvalue weighted by Crippen LogP contribution is 2.14. The van der Waals surface area contributed by atoms with Crippen molar-refractivity contribution in [3.63, 3.8) is 0 Å². The summed E-state index contributed by atoms with van der Waals surface area (Å²) in [6, 6.07) is 4.44. The smallest absolute Gasteiger partial charge is 0.338 e. The number of esters is 2. The van der Waals surface area contributed by atoms with Crippen LogP contribution in [0.25, 0.3) is 10.4 Å². The molecule has 20 heavy (non-hydrogen) atoms. The maximum absolute atomic E-state index is 11.7. The second-order valence-corrected chi connectivity index (χ2v) is 3.75. The first-order chi connectivity index (χ1) is 9.62. The molecule has 0 heterocycles. The first kappa shape index (κ1) is 15.5. The van der Waals surface area contributed by atoms with Gasteiger partial charge in [-0.05, 0) is 43.1 Å². The van der Waals surface area contributed by atoms with E-state index in [9.17, 15) is 9.59 Å². The largest absolute Gasteiger partial charge is 0.462 e. The summed E-state index contributed by atoms with van der Waals surface area (Å²) in [6.07, 6.45) is 0. The first-order valence-corrected chi connectivity index (χ1v) is 6.11. The van der Waals surface area contributed by atoms with Crippen LogP contribution in [-0.2, 0) is 16.0 Å². The molecule has 0 aliphatic carbocycles. The number of ether oxygens (including phenoxy) is 2. The lowest BCUT2D eigenvalue weighted by molar-refractivity contribution is 0.0525. The zero-order chi connectivity index (χ0) is 15.0. The van der Waals surface area contributed by atoms with Crippen molar-refractivity contribution in [1.82, 2.24) is 0 Å². The number of hydrogen-bond acceptors (Lipinski definition) is 5. The monoisotopic (exact) mass is 277 g/mol. The minimum Gasteiger partial charge on any atom is -0.462 e. The molecule has 0 spiro atoms. The molecule has 0 aliphatic rings. The van der Waals surface area contributed by atoms with Gasteiger partial charge < -0.3 is 9.47 Å². The minimum absolute atomic E-state index is 0.0378. The molecular weight excluding hydrogens is 262 g/mol. The number of azide groups is 1. The summed E-state index contributed by atoms with van der Waals surface area (Å²) in [5.41, 5.74) is 9.31. The third kappa shape index (κ3) is 4.29. The van der Waals surface area contributed by atoms with Crippen molar-refractivity contribution in [2.45, 2.75) is 20.4 Å². The van der Waals surface area contributed by atoms with Gasteiger partial charge in [0.1, 0.15) is 0 Å². The molecule has 0 saturated carbocycles. The standard InChI is InChI=1S/C13H15N3O4/c1-3-19-12(17)10-5-9(8-15-16-14)6-11(7-10)13(18)20-4-2/h5-7H,3-4,8H2,1-2H3. The number of rotatable bonds is 6. The third-order valence-corrected chi connectivity index (χ3v) is 2.33. The van der Waals surface area contributed by atoms with Crippen molar-refractivity contribution in [3.05, 3.63) is 45.3 Å². The first-order valence-electron chi connectivity index (χ1n) is 6.11. The Bertz CT molecular complexity index is 514. The molecule has 7 nitrogen and oxygen atoms in total. The Morgan fingerprint density at radius 1 is 1.10 bits per heavy atom. The van der Waals surface area contributed by atoms with Gasteiger partial charge in [0.2, 0.25) is 0 Å². The quantitative estimate of drug-likeness (QED) is 0.345. The Morgan fingerprint density at radius 3 is 2.00 bits per heavy atom. The van der Waals surface area contributed by atoms with Gasteiger partial charge in [0, 0.05) is 4.91 Å². The number of benzene rings is 1. The van der Waals surface area contributed by atoms with Gasteiger partial charge in [-0.1, -0.05) is 5.11 Å². The Balaban J connectivity index is 3.16. The van der Waals surface area contributed by atoms with Gasteiger partial charge in [-0.2, -0.15) is 0 Å². The van der Waals surface area contributed by atoms with Crippen molar-refractivity contribution >= 4 is 11.9 Å². The lowest BCUT2D eigenvalue weighted by Gasteiger charge is -2.08. The van der Waals surface area contributed by atoms with Gasteiger partial charge in [-0.15, -0.1) is 0 Å². The predicted molar refractivity (Wildman–Crippen MR) is 71.2 cm³/mol. The summed E-state index contributed by atoms with van der Waals surface area (Å²) in [7, 11) is 0. The molecule has 0 radical (unpaired) electrons. The van der Waals surface area contributed by atoms with E-state index in [4.69, 9.17) is 15.0 Å². The lowest BCUT2D eigenvalue weighted by atomic mass is 10.1. The Hall–Kier alpha value is -2.53. The van der Waals surface area contributed by atoms with Gasteiger partial charge >= 0.3 is 11.9 Å². The van der Waals surface area contributed by atoms with Gasteiger partial charge in [0.15, 0.2) is 0 Å². The molecule has 0 fully saturated rings. The minimum atomic E-state index is -0.541. The van der Waals surface area contributed by atoms with Crippen molar-refractivity contribution in [2.75, 3.05) is 13.2 Å². The molecule has 1 rings (SSSR count). The summed E-state index contributed by atoms with van der Waals surface area (Å²) in [6.45, 7) is 3.88. The van der Waals surface area contributed by atoms with E-state index in [-0.39, 0.29) is 30.9 Å². The summed E-state index contributed by atoms with van der Waals surface area (Å²) in [5, 5.41) is 3.41. The van der Waals surface area contributed by atoms with Crippen LogP contribution in [0.3, 0.4) is 0 Å². The highest BCUT2D eigenvalue weighted by molar-refractivity contribution is 5.95. The fourth-order valence-corrected chi connectivity index (χ4v) is 1.56. The SMILES string of the molecule is CCOC(=O)c1cc(CN=[N+]=[N-])cc(C(=O)OCC)c1. The zero-order valence-electron chi connectivity index (χ0n) is 11.3. The molecule has 0 amide bonds. The summed E-state index contributed by atoms with van der Waals surface area (Å²) < 4.78 is 9.78. The van der Waals surface area contributed by atoms with Crippen molar-refractivity contribution in [1.29, 1.82) is 0 Å². The fraction of sp³-hybridized carbons (Fsp3) is 0.385. The fourth-order valence-electron chi connectivity index (χ4n) is 1.56. The average molecular weight is 277 g/mol. The lowest BCUT2D eigenvalue weighted by Crippen LogP contribution is -2.10. The third-order valence-electron chi connectivity index (χ3n) is 2.33. The summed E-state index contributed by atoms with van der Waals surface area (Å²) in [4.78, 5) is 26.1. The van der Waals surface area contributed by atoms with E-state index in [1.54, 1.807) is 13.8 Å². The van der Waals surface area contributed by atoms with Crippen molar-refractivity contribution < 1.29 is 19.1 Å². The molecule has 1 aromatic carbocycles. The van der Waals surface area contributed by atoms with Crippen LogP contribution in [0.15, 0.2) is 23.3 Å². The highest BCUT2D eigenvalue weighted by atomic mass is 16.5. The molecule has 0 saturated heterocycles. The number of carbonyl (C=O) groups is 2. The van der Waals surface area contributed by atoms with E-state index in [0.717, 1.165) is 0 Å². The van der Waals surface area contributed by atoms with Crippen molar-refractivity contribution in [3.8, 4) is 0 Å². The second-order valence-electron chi connectivity index (χ2n) is 3.75. The predicted octanol–water partition coefficient (Wildman–Crippen LogP) is 2.85. The van der Waals surface area contributed by atoms with Crippen LogP contribution in [-0.4, -0.2) is 25.2 Å². The van der Waals surface area contributed by atoms with Crippen LogP contribution in [0, 0.1) is 0 Å². The van der Waals surface area contributed by atoms with E-state index < -0.39 is 11.9 Å². The molecule has 0 N–H and O–H groups in total. The van der Waals surface area contributed by atoms with Crippen LogP contribution in [0.5, 0.6) is 0 Å². The average Bonchev–Trinajstić information content (AvgIpc) is 2.45. The topological polar surface area (TPSA) is 101 Å². The van der Waals surface area contributed by atoms with Gasteiger partial charge in [-0.3, -0.25) is 0 Å². The molecule has 0 aliphatic heterocycles. The molecule has 0 bridgehead atoms. The maximum Gasteiger partial charge on any atom is 0.338 e. The molecule has 7 heteroatoms. The zero-order valence-corrected chi connectivity index (χ0v) is 11.3. The number of hydrogen-bond donors (Lipinski definition) is 0. The second kappa shape index (κ2) is 7.81. The highest BCUT2D eigenvalue weighted by Gasteiger charge is 2.14. The van der Waals surface area contributed by atoms with E-state index in [1.165, 1.54) is 18.2 Å². The Labute approximate surface area is 116 Å². The van der Waals surface area contributed by atoms with Crippen molar-refractivity contribution in [2.24, 2.45) is 5.11 Å². The van der Waals surface area contributed by atoms with Crippen LogP contribution in [0.1, 0.15) is 40.1 Å². The van der Waals surface area contributed by atoms with Crippen LogP contribution in [0.4, 0.5) is 0 Å². The van der Waals surface area contributed by atoms with E-state index >= 15 is 0 Å². The van der Waals surface area contributed by atoms with E-state index in [0.29, 0.717) is 5.56 Å². The summed E-state index contributed by atoms with van der Waals surface area (Å²) in [5.74, 6) is -1.08. The molecule has 0 atom stereocenters.